The zero-order chi connectivity index (χ0) is 14.8. The summed E-state index contributed by atoms with van der Waals surface area (Å²) in [5.41, 5.74) is 1.57. The molecule has 0 amide bonds. The molecule has 0 spiro atoms. The second-order valence-electron chi connectivity index (χ2n) is 5.74. The highest BCUT2D eigenvalue weighted by Gasteiger charge is 2.31. The van der Waals surface area contributed by atoms with Crippen molar-refractivity contribution in [3.63, 3.8) is 0 Å². The maximum atomic E-state index is 11.0. The number of benzene rings is 1. The first-order valence-corrected chi connectivity index (χ1v) is 7.09. The molecule has 1 aliphatic rings. The van der Waals surface area contributed by atoms with Crippen molar-refractivity contribution in [3.8, 4) is 0 Å². The third-order valence-corrected chi connectivity index (χ3v) is 4.12. The molecule has 0 bridgehead atoms. The highest BCUT2D eigenvalue weighted by Crippen LogP contribution is 2.30. The maximum Gasteiger partial charge on any atom is 0.274 e. The second-order valence-corrected chi connectivity index (χ2v) is 5.74. The lowest BCUT2D eigenvalue weighted by Gasteiger charge is -2.38. The largest absolute Gasteiger partial charge is 0.382 e. The fraction of sp³-hybridized carbons (Fsp3) is 0.600. The van der Waals surface area contributed by atoms with E-state index in [9.17, 15) is 10.1 Å². The Balaban J connectivity index is 2.10. The van der Waals surface area contributed by atoms with Crippen molar-refractivity contribution in [3.05, 3.63) is 33.9 Å². The van der Waals surface area contributed by atoms with Gasteiger partial charge in [0, 0.05) is 30.0 Å². The Labute approximate surface area is 119 Å². The topological polar surface area (TPSA) is 64.4 Å². The van der Waals surface area contributed by atoms with Crippen LogP contribution in [0, 0.1) is 17.0 Å². The summed E-state index contributed by atoms with van der Waals surface area (Å²) in [7, 11) is 0. The molecule has 1 N–H and O–H groups in total. The van der Waals surface area contributed by atoms with Crippen molar-refractivity contribution < 1.29 is 9.66 Å². The lowest BCUT2D eigenvalue weighted by atomic mass is 9.90. The molecule has 1 heterocycles. The lowest BCUT2D eigenvalue weighted by molar-refractivity contribution is -0.385. The van der Waals surface area contributed by atoms with Crippen LogP contribution < -0.4 is 5.32 Å². The number of hydrogen-bond acceptors (Lipinski definition) is 4. The molecule has 0 aromatic heterocycles. The predicted octanol–water partition coefficient (Wildman–Crippen LogP) is 3.66. The van der Waals surface area contributed by atoms with Crippen molar-refractivity contribution in [1.29, 1.82) is 0 Å². The molecule has 2 rings (SSSR count). The Morgan fingerprint density at radius 2 is 2.30 bits per heavy atom. The summed E-state index contributed by atoms with van der Waals surface area (Å²) in [6, 6.07) is 5.62. The molecule has 1 saturated heterocycles. The quantitative estimate of drug-likeness (QED) is 0.674. The van der Waals surface area contributed by atoms with Gasteiger partial charge in [-0.15, -0.1) is 0 Å². The minimum absolute atomic E-state index is 0.0907. The van der Waals surface area contributed by atoms with Crippen molar-refractivity contribution in [2.75, 3.05) is 11.9 Å². The van der Waals surface area contributed by atoms with E-state index in [1.54, 1.807) is 19.1 Å². The first-order chi connectivity index (χ1) is 9.43. The Kier molecular flexibility index (Phi) is 4.28. The molecule has 1 fully saturated rings. The smallest absolute Gasteiger partial charge is 0.274 e. The molecule has 0 saturated carbocycles. The van der Waals surface area contributed by atoms with Gasteiger partial charge in [-0.05, 0) is 39.2 Å². The maximum absolute atomic E-state index is 11.0. The number of nitrogens with one attached hydrogen (secondary N) is 1. The Morgan fingerprint density at radius 3 is 2.95 bits per heavy atom. The number of aryl methyl sites for hydroxylation is 1. The third kappa shape index (κ3) is 3.28. The van der Waals surface area contributed by atoms with Gasteiger partial charge in [0.2, 0.25) is 0 Å². The normalized spacial score (nSPS) is 26.2. The summed E-state index contributed by atoms with van der Waals surface area (Å²) in [6.07, 6.45) is 2.82. The van der Waals surface area contributed by atoms with Crippen LogP contribution in [0.1, 0.15) is 38.7 Å². The molecule has 20 heavy (non-hydrogen) atoms. The van der Waals surface area contributed by atoms with Gasteiger partial charge in [0.15, 0.2) is 0 Å². The van der Waals surface area contributed by atoms with Gasteiger partial charge in [-0.2, -0.15) is 0 Å². The first-order valence-electron chi connectivity index (χ1n) is 7.09. The molecule has 1 aromatic rings. The Morgan fingerprint density at radius 1 is 1.55 bits per heavy atom. The molecular weight excluding hydrogens is 256 g/mol. The van der Waals surface area contributed by atoms with Gasteiger partial charge in [-0.1, -0.05) is 13.0 Å². The number of nitrogens with zero attached hydrogens (tertiary/aromatic N) is 1. The minimum Gasteiger partial charge on any atom is -0.382 e. The van der Waals surface area contributed by atoms with E-state index < -0.39 is 0 Å². The molecule has 5 heteroatoms. The van der Waals surface area contributed by atoms with Crippen molar-refractivity contribution >= 4 is 11.4 Å². The number of nitro benzene ring substituents is 1. The summed E-state index contributed by atoms with van der Waals surface area (Å²) >= 11 is 0. The number of hydrogen-bond donors (Lipinski definition) is 1. The number of ether oxygens (including phenoxy) is 1. The Bertz CT molecular complexity index is 504. The molecule has 2 atom stereocenters. The molecule has 0 aliphatic carbocycles. The Hall–Kier alpha value is -1.62. The SMILES string of the molecule is CCC1(C)CC(Nc2ccc(C)c([N+](=O)[O-])c2)CCO1. The number of nitro groups is 1. The lowest BCUT2D eigenvalue weighted by Crippen LogP contribution is -2.41. The van der Waals surface area contributed by atoms with E-state index in [0.29, 0.717) is 11.6 Å². The van der Waals surface area contributed by atoms with E-state index in [-0.39, 0.29) is 16.2 Å². The van der Waals surface area contributed by atoms with Crippen LogP contribution in [-0.4, -0.2) is 23.2 Å². The second kappa shape index (κ2) is 5.79. The van der Waals surface area contributed by atoms with Gasteiger partial charge in [0.1, 0.15) is 0 Å². The summed E-state index contributed by atoms with van der Waals surface area (Å²) < 4.78 is 5.82. The fourth-order valence-electron chi connectivity index (χ4n) is 2.63. The van der Waals surface area contributed by atoms with Crippen LogP contribution in [-0.2, 0) is 4.74 Å². The van der Waals surface area contributed by atoms with E-state index in [2.05, 4.69) is 19.2 Å². The van der Waals surface area contributed by atoms with Gasteiger partial charge >= 0.3 is 0 Å². The molecule has 0 radical (unpaired) electrons. The zero-order valence-corrected chi connectivity index (χ0v) is 12.3. The average molecular weight is 278 g/mol. The minimum atomic E-state index is -0.333. The van der Waals surface area contributed by atoms with E-state index >= 15 is 0 Å². The third-order valence-electron chi connectivity index (χ3n) is 4.12. The van der Waals surface area contributed by atoms with Gasteiger partial charge < -0.3 is 10.1 Å². The molecule has 1 aliphatic heterocycles. The van der Waals surface area contributed by atoms with Gasteiger partial charge in [0.25, 0.3) is 5.69 Å². The van der Waals surface area contributed by atoms with Crippen LogP contribution in [0.15, 0.2) is 18.2 Å². The molecule has 1 aromatic carbocycles. The number of anilines is 1. The van der Waals surface area contributed by atoms with E-state index in [1.165, 1.54) is 0 Å². The van der Waals surface area contributed by atoms with Crippen LogP contribution in [0.3, 0.4) is 0 Å². The van der Waals surface area contributed by atoms with Gasteiger partial charge in [-0.3, -0.25) is 10.1 Å². The van der Waals surface area contributed by atoms with Crippen LogP contribution >= 0.6 is 0 Å². The van der Waals surface area contributed by atoms with Crippen LogP contribution in [0.5, 0.6) is 0 Å². The fourth-order valence-corrected chi connectivity index (χ4v) is 2.63. The van der Waals surface area contributed by atoms with Crippen molar-refractivity contribution in [1.82, 2.24) is 0 Å². The van der Waals surface area contributed by atoms with Gasteiger partial charge in [-0.25, -0.2) is 0 Å². The number of rotatable bonds is 4. The summed E-state index contributed by atoms with van der Waals surface area (Å²) in [5.74, 6) is 0. The van der Waals surface area contributed by atoms with Crippen molar-refractivity contribution in [2.45, 2.75) is 51.7 Å². The summed E-state index contributed by atoms with van der Waals surface area (Å²) in [5, 5.41) is 14.4. The predicted molar refractivity (Wildman–Crippen MR) is 79.1 cm³/mol. The van der Waals surface area contributed by atoms with Crippen LogP contribution in [0.4, 0.5) is 11.4 Å². The van der Waals surface area contributed by atoms with Crippen LogP contribution in [0.25, 0.3) is 0 Å². The molecule has 110 valence electrons. The van der Waals surface area contributed by atoms with E-state index in [1.807, 2.05) is 6.07 Å². The molecule has 2 unspecified atom stereocenters. The van der Waals surface area contributed by atoms with Gasteiger partial charge in [0.05, 0.1) is 10.5 Å². The zero-order valence-electron chi connectivity index (χ0n) is 12.3. The van der Waals surface area contributed by atoms with Crippen molar-refractivity contribution in [2.24, 2.45) is 0 Å². The van der Waals surface area contributed by atoms with E-state index in [0.717, 1.165) is 31.6 Å². The standard InChI is InChI=1S/C15H22N2O3/c1-4-15(3)10-13(7-8-20-15)16-12-6-5-11(2)14(9-12)17(18)19/h5-6,9,13,16H,4,7-8,10H2,1-3H3. The monoisotopic (exact) mass is 278 g/mol. The molecule has 5 nitrogen and oxygen atoms in total. The highest BCUT2D eigenvalue weighted by atomic mass is 16.6. The van der Waals surface area contributed by atoms with Crippen LogP contribution in [0.2, 0.25) is 0 Å². The van der Waals surface area contributed by atoms with E-state index in [4.69, 9.17) is 4.74 Å². The average Bonchev–Trinajstić information content (AvgIpc) is 2.41. The molecular formula is C15H22N2O3. The first kappa shape index (κ1) is 14.8. The highest BCUT2D eigenvalue weighted by molar-refractivity contribution is 5.55. The summed E-state index contributed by atoms with van der Waals surface area (Å²) in [6.45, 7) is 6.73. The summed E-state index contributed by atoms with van der Waals surface area (Å²) in [4.78, 5) is 10.6.